The molecule has 15 rings (SSSR count). The molecule has 3 aromatic heterocycles. The molecule has 324 valence electrons. The first-order valence-electron chi connectivity index (χ1n) is 25.9. The van der Waals surface area contributed by atoms with Gasteiger partial charge in [-0.3, -0.25) is 8.97 Å². The first-order chi connectivity index (χ1) is 36.5. The Morgan fingerprint density at radius 2 is 1.26 bits per heavy atom. The van der Waals surface area contributed by atoms with Crippen molar-refractivity contribution in [3.63, 3.8) is 0 Å². The quantitative estimate of drug-likeness (QED) is 0.173. The van der Waals surface area contributed by atoms with Crippen LogP contribution in [0, 0.1) is 13.7 Å². The minimum absolute atomic E-state index is 0.184. The van der Waals surface area contributed by atoms with Crippen molar-refractivity contribution in [1.82, 2.24) is 23.9 Å². The molecule has 2 aliphatic heterocycles. The van der Waals surface area contributed by atoms with Gasteiger partial charge in [-0.15, -0.1) is 0 Å². The van der Waals surface area contributed by atoms with Gasteiger partial charge in [-0.1, -0.05) is 145 Å². The van der Waals surface area contributed by atoms with E-state index in [1.165, 1.54) is 11.8 Å². The van der Waals surface area contributed by atoms with Crippen LogP contribution in [0.3, 0.4) is 0 Å². The third kappa shape index (κ3) is 5.25. The third-order valence-electron chi connectivity index (χ3n) is 14.4. The Balaban J connectivity index is 1.03. The van der Waals surface area contributed by atoms with E-state index in [0.717, 1.165) is 100 Å². The maximum atomic E-state index is 9.21. The first-order valence-corrected chi connectivity index (χ1v) is 23.7. The van der Waals surface area contributed by atoms with Crippen LogP contribution in [0.2, 0.25) is 0 Å². The molecule has 0 saturated heterocycles. The highest BCUT2D eigenvalue weighted by molar-refractivity contribution is 7.99. The second-order valence-electron chi connectivity index (χ2n) is 17.9. The van der Waals surface area contributed by atoms with E-state index < -0.39 is 19.1 Å². The van der Waals surface area contributed by atoms with Crippen LogP contribution in [0.15, 0.2) is 210 Å². The minimum Gasteiger partial charge on any atom is -0.457 e. The predicted octanol–water partition coefficient (Wildman–Crippen LogP) is 15.4. The summed E-state index contributed by atoms with van der Waals surface area (Å²) in [5, 5.41) is 0. The van der Waals surface area contributed by atoms with Crippen LogP contribution in [-0.4, -0.2) is 23.9 Å². The molecule has 9 aromatic carbocycles. The van der Waals surface area contributed by atoms with Gasteiger partial charge in [0.05, 0.1) is 38.9 Å². The van der Waals surface area contributed by atoms with Gasteiger partial charge in [-0.2, -0.15) is 0 Å². The Morgan fingerprint density at radius 3 is 2.13 bits per heavy atom. The fourth-order valence-electron chi connectivity index (χ4n) is 11.6. The Morgan fingerprint density at radius 1 is 0.551 bits per heavy atom. The number of fused-ring (bicyclic) bond motifs is 21. The Hall–Kier alpha value is -8.52. The van der Waals surface area contributed by atoms with E-state index in [9.17, 15) is 4.11 Å². The molecule has 5 heterocycles. The number of benzene rings is 9. The van der Waals surface area contributed by atoms with E-state index in [0.29, 0.717) is 32.4 Å². The monoisotopic (exact) mass is 907 g/mol. The Kier molecular flexibility index (Phi) is 6.82. The molecule has 0 N–H and O–H groups in total. The molecule has 69 heavy (non-hydrogen) atoms. The molecule has 0 amide bonds. The van der Waals surface area contributed by atoms with Crippen molar-refractivity contribution in [3.05, 3.63) is 234 Å². The van der Waals surface area contributed by atoms with Crippen molar-refractivity contribution in [1.29, 1.82) is 0 Å². The lowest BCUT2D eigenvalue weighted by Crippen LogP contribution is -2.37. The number of hydrogen-bond acceptors (Lipinski definition) is 5. The molecule has 12 aromatic rings. The van der Waals surface area contributed by atoms with Crippen LogP contribution in [0.5, 0.6) is 11.5 Å². The fourth-order valence-corrected chi connectivity index (χ4v) is 13.0. The second kappa shape index (κ2) is 14.2. The van der Waals surface area contributed by atoms with Gasteiger partial charge in [0.1, 0.15) is 17.8 Å². The largest absolute Gasteiger partial charge is 0.457 e. The number of hydrogen-bond donors (Lipinski definition) is 0. The number of para-hydroxylation sites is 5. The van der Waals surface area contributed by atoms with E-state index in [-0.39, 0.29) is 11.1 Å². The SMILES string of the molecule is [2H]C([2H])([2H])c1ccc2c(c1)Sc1c(ccc(C([2H])([2H])[2H])c1-c1ccc3c(c1)-c1ccccc1-c1ncncc1-c1ccccc1-3)C21c2ccccc2Oc2cc(-n3c4ccccc4n4c5ccccc5nc34)ccc21. The van der Waals surface area contributed by atoms with Crippen molar-refractivity contribution < 1.29 is 13.0 Å². The highest BCUT2D eigenvalue weighted by atomic mass is 32.2. The molecule has 0 saturated carbocycles. The average molecular weight is 908 g/mol. The van der Waals surface area contributed by atoms with Gasteiger partial charge in [0, 0.05) is 52.5 Å². The summed E-state index contributed by atoms with van der Waals surface area (Å²) in [6.45, 7) is -4.97. The van der Waals surface area contributed by atoms with Gasteiger partial charge in [0.15, 0.2) is 0 Å². The normalized spacial score (nSPS) is 16.6. The van der Waals surface area contributed by atoms with Crippen molar-refractivity contribution in [2.75, 3.05) is 0 Å². The number of ether oxygens (including phenoxy) is 1. The molecule has 6 nitrogen and oxygen atoms in total. The summed E-state index contributed by atoms with van der Waals surface area (Å²) >= 11 is 1.42. The molecular formula is C62H39N5OS. The van der Waals surface area contributed by atoms with Gasteiger partial charge in [0.2, 0.25) is 5.78 Å². The lowest BCUT2D eigenvalue weighted by molar-refractivity contribution is 0.431. The zero-order chi connectivity index (χ0) is 50.5. The number of imidazole rings is 2. The molecule has 0 radical (unpaired) electrons. The van der Waals surface area contributed by atoms with Crippen LogP contribution in [0.1, 0.15) is 41.6 Å². The summed E-state index contributed by atoms with van der Waals surface area (Å²) in [7, 11) is 0. The molecule has 0 fully saturated rings. The van der Waals surface area contributed by atoms with Gasteiger partial charge >= 0.3 is 0 Å². The maximum Gasteiger partial charge on any atom is 0.220 e. The third-order valence-corrected chi connectivity index (χ3v) is 15.6. The molecule has 1 unspecified atom stereocenters. The maximum absolute atomic E-state index is 9.21. The van der Waals surface area contributed by atoms with Crippen molar-refractivity contribution in [3.8, 4) is 73.0 Å². The van der Waals surface area contributed by atoms with E-state index in [2.05, 4.69) is 92.8 Å². The van der Waals surface area contributed by atoms with Crippen LogP contribution in [0.4, 0.5) is 0 Å². The Labute approximate surface area is 410 Å². The molecule has 7 heteroatoms. The lowest BCUT2D eigenvalue weighted by atomic mass is 9.63. The zero-order valence-electron chi connectivity index (χ0n) is 42.6. The number of rotatable bonds is 2. The van der Waals surface area contributed by atoms with E-state index in [1.54, 1.807) is 24.5 Å². The molecule has 0 bridgehead atoms. The summed E-state index contributed by atoms with van der Waals surface area (Å²) in [4.78, 5) is 15.9. The van der Waals surface area contributed by atoms with Crippen LogP contribution in [-0.2, 0) is 5.41 Å². The molecule has 1 aliphatic carbocycles. The number of aryl methyl sites for hydroxylation is 2. The average Bonchev–Trinajstić information content (AvgIpc) is 3.97. The van der Waals surface area contributed by atoms with Crippen molar-refractivity contribution in [2.24, 2.45) is 0 Å². The minimum atomic E-state index is -2.55. The van der Waals surface area contributed by atoms with Gasteiger partial charge in [0.25, 0.3) is 0 Å². The summed E-state index contributed by atoms with van der Waals surface area (Å²) in [6, 6.07) is 62.6. The van der Waals surface area contributed by atoms with Gasteiger partial charge in [-0.05, 0) is 123 Å². The highest BCUT2D eigenvalue weighted by Gasteiger charge is 2.50. The van der Waals surface area contributed by atoms with Crippen LogP contribution < -0.4 is 4.74 Å². The first kappa shape index (κ1) is 33.0. The van der Waals surface area contributed by atoms with E-state index in [4.69, 9.17) is 18.8 Å². The summed E-state index contributed by atoms with van der Waals surface area (Å²) in [6.07, 6.45) is 3.45. The summed E-state index contributed by atoms with van der Waals surface area (Å²) in [5.41, 5.74) is 16.1. The predicted molar refractivity (Wildman–Crippen MR) is 278 cm³/mol. The molecule has 1 atom stereocenters. The van der Waals surface area contributed by atoms with Gasteiger partial charge < -0.3 is 4.74 Å². The second-order valence-corrected chi connectivity index (χ2v) is 19.0. The fraction of sp³-hybridized carbons (Fsp3) is 0.0484. The van der Waals surface area contributed by atoms with E-state index >= 15 is 0 Å². The van der Waals surface area contributed by atoms with Crippen LogP contribution in [0.25, 0.3) is 89.3 Å². The number of nitrogens with zero attached hydrogens (tertiary/aromatic N) is 5. The van der Waals surface area contributed by atoms with Crippen molar-refractivity contribution >= 4 is 39.6 Å². The zero-order valence-corrected chi connectivity index (χ0v) is 37.4. The topological polar surface area (TPSA) is 57.2 Å². The molecule has 1 spiro atoms. The lowest BCUT2D eigenvalue weighted by Gasteiger charge is -2.46. The van der Waals surface area contributed by atoms with E-state index in [1.807, 2.05) is 97.2 Å². The highest BCUT2D eigenvalue weighted by Crippen LogP contribution is 2.63. The summed E-state index contributed by atoms with van der Waals surface area (Å²) < 4.78 is 64.9. The molecule has 3 aliphatic rings. The molecular weight excluding hydrogens is 863 g/mol. The standard InChI is InChI=1S/C62H39N5OS/c1-36-23-28-49-57(31-36)69-60-50(29-24-37(2)58(60)38-25-27-43-40-13-3-4-14-41(40)46-34-63-35-64-59(46)44-16-6-5-15-42(44)45(43)32-38)62(49)47-17-7-12-22-55(47)68-56-33-39(26-30-48(56)62)66-53-20-10-11-21-54(53)67-52-19-9-8-18-51(52)65-61(66)67/h3-35H,1-2H3/i1D3,2D3. The Bertz CT molecular complexity index is 4440. The number of aromatic nitrogens is 5. The summed E-state index contributed by atoms with van der Waals surface area (Å²) in [5.74, 6) is 1.98. The van der Waals surface area contributed by atoms with Crippen LogP contribution >= 0.6 is 11.8 Å². The smallest absolute Gasteiger partial charge is 0.220 e. The van der Waals surface area contributed by atoms with Crippen molar-refractivity contribution in [2.45, 2.75) is 28.9 Å². The van der Waals surface area contributed by atoms with Gasteiger partial charge in [-0.25, -0.2) is 15.0 Å².